The van der Waals surface area contributed by atoms with E-state index in [0.29, 0.717) is 22.0 Å². The molecule has 210 valence electrons. The van der Waals surface area contributed by atoms with Crippen molar-refractivity contribution in [1.29, 1.82) is 0 Å². The van der Waals surface area contributed by atoms with Gasteiger partial charge < -0.3 is 10.1 Å². The number of nitrogens with zero attached hydrogens (tertiary/aromatic N) is 2. The summed E-state index contributed by atoms with van der Waals surface area (Å²) in [4.78, 5) is 12.8. The fourth-order valence-electron chi connectivity index (χ4n) is 4.60. The lowest BCUT2D eigenvalue weighted by Crippen LogP contribution is -2.43. The molecule has 3 aromatic carbocycles. The molecule has 40 heavy (non-hydrogen) atoms. The molecule has 0 bridgehead atoms. The van der Waals surface area contributed by atoms with Gasteiger partial charge in [0.2, 0.25) is 10.0 Å². The SMILES string of the molecule is COC(=O)[C@H](Cc1ccc(-c2cccc(NC3=NS(=O)N=C3SC)c2)cc1)NS(=O)(=O)c1c(C)cc(C)cc1C. The summed E-state index contributed by atoms with van der Waals surface area (Å²) in [5.74, 6) is -0.205. The molecule has 0 spiro atoms. The van der Waals surface area contributed by atoms with Gasteiger partial charge in [-0.1, -0.05) is 54.1 Å². The third-order valence-electron chi connectivity index (χ3n) is 6.24. The second kappa shape index (κ2) is 12.5. The number of sulfonamides is 1. The number of hydrogen-bond acceptors (Lipinski definition) is 7. The molecule has 0 saturated carbocycles. The summed E-state index contributed by atoms with van der Waals surface area (Å²) < 4.78 is 53.8. The Morgan fingerprint density at radius 2 is 1.68 bits per heavy atom. The summed E-state index contributed by atoms with van der Waals surface area (Å²) in [6, 6.07) is 17.7. The second-order valence-electron chi connectivity index (χ2n) is 9.30. The number of methoxy groups -OCH3 is 1. The Balaban J connectivity index is 1.52. The van der Waals surface area contributed by atoms with E-state index in [-0.39, 0.29) is 11.3 Å². The molecule has 2 N–H and O–H groups in total. The van der Waals surface area contributed by atoms with E-state index in [1.165, 1.54) is 18.9 Å². The van der Waals surface area contributed by atoms with Gasteiger partial charge in [-0.2, -0.15) is 9.12 Å². The van der Waals surface area contributed by atoms with E-state index in [4.69, 9.17) is 4.74 Å². The zero-order valence-electron chi connectivity index (χ0n) is 22.7. The first-order chi connectivity index (χ1) is 19.0. The fraction of sp³-hybridized carbons (Fsp3) is 0.250. The van der Waals surface area contributed by atoms with Gasteiger partial charge in [0.15, 0.2) is 10.9 Å². The molecule has 0 aromatic heterocycles. The molecule has 0 amide bonds. The first-order valence-electron chi connectivity index (χ1n) is 12.3. The van der Waals surface area contributed by atoms with Crippen molar-refractivity contribution in [3.63, 3.8) is 0 Å². The molecule has 3 aromatic rings. The minimum Gasteiger partial charge on any atom is -0.468 e. The smallest absolute Gasteiger partial charge is 0.324 e. The summed E-state index contributed by atoms with van der Waals surface area (Å²) in [6.07, 6.45) is 1.96. The lowest BCUT2D eigenvalue weighted by atomic mass is 10.0. The Morgan fingerprint density at radius 3 is 2.30 bits per heavy atom. The molecule has 1 heterocycles. The number of rotatable bonds is 8. The predicted molar refractivity (Wildman–Crippen MR) is 163 cm³/mol. The maximum atomic E-state index is 13.3. The Hall–Kier alpha value is -3.32. The second-order valence-corrected chi connectivity index (χ2v) is 12.6. The largest absolute Gasteiger partial charge is 0.468 e. The maximum absolute atomic E-state index is 13.3. The number of ether oxygens (including phenoxy) is 1. The molecular weight excluding hydrogens is 569 g/mol. The van der Waals surface area contributed by atoms with Gasteiger partial charge in [0.25, 0.3) is 11.2 Å². The maximum Gasteiger partial charge on any atom is 0.324 e. The number of carbonyl (C=O) groups excluding carboxylic acids is 1. The topological polar surface area (TPSA) is 126 Å². The quantitative estimate of drug-likeness (QED) is 0.366. The van der Waals surface area contributed by atoms with Crippen molar-refractivity contribution >= 4 is 55.5 Å². The van der Waals surface area contributed by atoms with Gasteiger partial charge in [-0.3, -0.25) is 4.79 Å². The monoisotopic (exact) mass is 598 g/mol. The summed E-state index contributed by atoms with van der Waals surface area (Å²) in [5, 5.41) is 3.75. The van der Waals surface area contributed by atoms with E-state index in [2.05, 4.69) is 18.8 Å². The van der Waals surface area contributed by atoms with Crippen LogP contribution >= 0.6 is 11.8 Å². The number of aryl methyl sites for hydroxylation is 3. The highest BCUT2D eigenvalue weighted by Crippen LogP contribution is 2.26. The van der Waals surface area contributed by atoms with Crippen molar-refractivity contribution in [2.45, 2.75) is 38.1 Å². The first-order valence-corrected chi connectivity index (χ1v) is 16.1. The Morgan fingerprint density at radius 1 is 1.00 bits per heavy atom. The van der Waals surface area contributed by atoms with Gasteiger partial charge in [0, 0.05) is 5.69 Å². The summed E-state index contributed by atoms with van der Waals surface area (Å²) in [7, 11) is -2.75. The van der Waals surface area contributed by atoms with Gasteiger partial charge in [-0.15, -0.1) is 16.2 Å². The number of carbonyl (C=O) groups is 1. The molecule has 1 unspecified atom stereocenters. The van der Waals surface area contributed by atoms with E-state index in [0.717, 1.165) is 27.9 Å². The van der Waals surface area contributed by atoms with Crippen molar-refractivity contribution < 1.29 is 22.2 Å². The van der Waals surface area contributed by atoms with Crippen LogP contribution in [0.4, 0.5) is 5.69 Å². The van der Waals surface area contributed by atoms with Crippen LogP contribution < -0.4 is 10.0 Å². The number of nitrogens with one attached hydrogen (secondary N) is 2. The summed E-state index contributed by atoms with van der Waals surface area (Å²) >= 11 is -0.248. The van der Waals surface area contributed by atoms with Crippen molar-refractivity contribution in [1.82, 2.24) is 4.72 Å². The van der Waals surface area contributed by atoms with Crippen LogP contribution in [0.25, 0.3) is 11.1 Å². The number of benzene rings is 3. The van der Waals surface area contributed by atoms with Gasteiger partial charge in [0.1, 0.15) is 6.04 Å². The average molecular weight is 599 g/mol. The molecule has 1 aliphatic heterocycles. The zero-order valence-corrected chi connectivity index (χ0v) is 25.2. The number of amidine groups is 1. The molecule has 0 aliphatic carbocycles. The standard InChI is InChI=1S/C28H30N4O5S3/c1-17-13-18(2)25(19(3)14-17)40(35,36)32-24(28(33)37-4)15-20-9-11-21(12-10-20)22-7-6-8-23(16-22)29-26-27(38-5)31-39(34)30-26/h6-14,16,24,32H,15H2,1-5H3,(H,29,30)/t24-,39?/m0/s1. The molecule has 2 atom stereocenters. The van der Waals surface area contributed by atoms with Crippen LogP contribution in [0.1, 0.15) is 22.3 Å². The first kappa shape index (κ1) is 29.7. The van der Waals surface area contributed by atoms with Gasteiger partial charge in [0.05, 0.1) is 12.0 Å². The van der Waals surface area contributed by atoms with E-state index in [1.54, 1.807) is 26.0 Å². The van der Waals surface area contributed by atoms with Crippen molar-refractivity contribution in [2.24, 2.45) is 8.80 Å². The number of anilines is 1. The molecule has 0 fully saturated rings. The summed E-state index contributed by atoms with van der Waals surface area (Å²) in [5.41, 5.74) is 5.56. The van der Waals surface area contributed by atoms with E-state index in [9.17, 15) is 17.4 Å². The third kappa shape index (κ3) is 6.87. The highest BCUT2D eigenvalue weighted by atomic mass is 32.2. The van der Waals surface area contributed by atoms with Crippen molar-refractivity contribution in [3.05, 3.63) is 82.9 Å². The normalized spacial score (nSPS) is 15.8. The molecule has 4 rings (SSSR count). The Bertz CT molecular complexity index is 1610. The Kier molecular flexibility index (Phi) is 9.24. The molecule has 1 aliphatic rings. The van der Waals surface area contributed by atoms with Crippen LogP contribution in [0, 0.1) is 20.8 Å². The van der Waals surface area contributed by atoms with Crippen LogP contribution in [-0.4, -0.2) is 48.9 Å². The lowest BCUT2D eigenvalue weighted by Gasteiger charge is -2.19. The van der Waals surface area contributed by atoms with Crippen molar-refractivity contribution in [2.75, 3.05) is 18.7 Å². The summed E-state index contributed by atoms with van der Waals surface area (Å²) in [6.45, 7) is 5.38. The number of esters is 1. The van der Waals surface area contributed by atoms with Crippen molar-refractivity contribution in [3.8, 4) is 11.1 Å². The molecule has 0 radical (unpaired) electrons. The number of thioether (sulfide) groups is 1. The third-order valence-corrected chi connectivity index (χ3v) is 9.48. The lowest BCUT2D eigenvalue weighted by molar-refractivity contribution is -0.142. The molecule has 0 saturated heterocycles. The van der Waals surface area contributed by atoms with E-state index in [1.807, 2.05) is 61.7 Å². The minimum atomic E-state index is -3.98. The van der Waals surface area contributed by atoms with Crippen LogP contribution in [0.3, 0.4) is 0 Å². The van der Waals surface area contributed by atoms with Gasteiger partial charge >= 0.3 is 5.97 Å². The minimum absolute atomic E-state index is 0.117. The highest BCUT2D eigenvalue weighted by Gasteiger charge is 2.29. The van der Waals surface area contributed by atoms with Gasteiger partial charge in [-0.25, -0.2) is 12.6 Å². The zero-order chi connectivity index (χ0) is 29.0. The van der Waals surface area contributed by atoms with Crippen LogP contribution in [0.15, 0.2) is 74.4 Å². The predicted octanol–water partition coefficient (Wildman–Crippen LogP) is 4.51. The average Bonchev–Trinajstić information content (AvgIpc) is 3.26. The van der Waals surface area contributed by atoms with Crippen LogP contribution in [0.5, 0.6) is 0 Å². The highest BCUT2D eigenvalue weighted by molar-refractivity contribution is 8.16. The van der Waals surface area contributed by atoms with Gasteiger partial charge in [-0.05, 0) is 73.4 Å². The number of hydrogen-bond donors (Lipinski definition) is 2. The molecule has 12 heteroatoms. The molecular formula is C28H30N4O5S3. The molecule has 9 nitrogen and oxygen atoms in total. The fourth-order valence-corrected chi connectivity index (χ4v) is 7.63. The van der Waals surface area contributed by atoms with Crippen LogP contribution in [0.2, 0.25) is 0 Å². The van der Waals surface area contributed by atoms with E-state index >= 15 is 0 Å². The van der Waals surface area contributed by atoms with E-state index < -0.39 is 33.2 Å². The Labute approximate surface area is 241 Å². The van der Waals surface area contributed by atoms with Crippen LogP contribution in [-0.2, 0) is 37.1 Å².